The Morgan fingerprint density at radius 2 is 2.04 bits per heavy atom. The molecule has 0 saturated carbocycles. The summed E-state index contributed by atoms with van der Waals surface area (Å²) in [5.74, 6) is -0.524. The van der Waals surface area contributed by atoms with E-state index >= 15 is 0 Å². The standard InChI is InChI=1S/C14H13Cl2N3O3S/c1-19(23(21,22)11-3-2-6-17-8-11)9-14(20)18-13-5-4-10(15)7-12(13)16/h2-8H,9H2,1H3,(H,18,20). The van der Waals surface area contributed by atoms with Crippen molar-refractivity contribution < 1.29 is 13.2 Å². The van der Waals surface area contributed by atoms with Crippen molar-refractivity contribution in [2.75, 3.05) is 18.9 Å². The number of rotatable bonds is 5. The fraction of sp³-hybridized carbons (Fsp3) is 0.143. The van der Waals surface area contributed by atoms with E-state index in [1.54, 1.807) is 6.07 Å². The predicted octanol–water partition coefficient (Wildman–Crippen LogP) is 2.65. The van der Waals surface area contributed by atoms with Crippen molar-refractivity contribution in [1.82, 2.24) is 9.29 Å². The van der Waals surface area contributed by atoms with Crippen LogP contribution in [0.5, 0.6) is 0 Å². The summed E-state index contributed by atoms with van der Waals surface area (Å²) < 4.78 is 25.5. The second-order valence-corrected chi connectivity index (χ2v) is 7.51. The third-order valence-electron chi connectivity index (χ3n) is 2.91. The first-order valence-corrected chi connectivity index (χ1v) is 8.61. The molecule has 122 valence electrons. The Labute approximate surface area is 144 Å². The van der Waals surface area contributed by atoms with Crippen molar-refractivity contribution in [3.05, 3.63) is 52.8 Å². The molecule has 2 aromatic rings. The highest BCUT2D eigenvalue weighted by Gasteiger charge is 2.23. The molecule has 0 radical (unpaired) electrons. The number of likely N-dealkylation sites (N-methyl/N-ethyl adjacent to an activating group) is 1. The van der Waals surface area contributed by atoms with Crippen LogP contribution >= 0.6 is 23.2 Å². The number of aromatic nitrogens is 1. The zero-order valence-electron chi connectivity index (χ0n) is 12.0. The van der Waals surface area contributed by atoms with Crippen LogP contribution in [0.1, 0.15) is 0 Å². The van der Waals surface area contributed by atoms with Gasteiger partial charge in [0.25, 0.3) is 0 Å². The minimum atomic E-state index is -3.79. The zero-order chi connectivity index (χ0) is 17.0. The number of amides is 1. The van der Waals surface area contributed by atoms with E-state index in [-0.39, 0.29) is 16.5 Å². The summed E-state index contributed by atoms with van der Waals surface area (Å²) in [5.41, 5.74) is 0.355. The third kappa shape index (κ3) is 4.42. The molecule has 9 heteroatoms. The van der Waals surface area contributed by atoms with Crippen LogP contribution in [0.15, 0.2) is 47.6 Å². The van der Waals surface area contributed by atoms with Crippen LogP contribution in [-0.4, -0.2) is 37.2 Å². The summed E-state index contributed by atoms with van der Waals surface area (Å²) in [6, 6.07) is 7.51. The number of sulfonamides is 1. The van der Waals surface area contributed by atoms with Gasteiger partial charge in [-0.15, -0.1) is 0 Å². The number of carbonyl (C=O) groups excluding carboxylic acids is 1. The summed E-state index contributed by atoms with van der Waals surface area (Å²) >= 11 is 11.7. The van der Waals surface area contributed by atoms with Gasteiger partial charge in [0, 0.05) is 24.5 Å². The summed E-state index contributed by atoms with van der Waals surface area (Å²) in [6.07, 6.45) is 2.69. The number of hydrogen-bond donors (Lipinski definition) is 1. The number of benzene rings is 1. The minimum absolute atomic E-state index is 0.0137. The van der Waals surface area contributed by atoms with Gasteiger partial charge in [0.2, 0.25) is 15.9 Å². The molecule has 1 N–H and O–H groups in total. The van der Waals surface area contributed by atoms with Crippen LogP contribution in [0.25, 0.3) is 0 Å². The highest BCUT2D eigenvalue weighted by atomic mass is 35.5. The molecule has 0 bridgehead atoms. The van der Waals surface area contributed by atoms with Crippen molar-refractivity contribution in [3.63, 3.8) is 0 Å². The van der Waals surface area contributed by atoms with E-state index in [1.165, 1.54) is 43.7 Å². The number of nitrogens with zero attached hydrogens (tertiary/aromatic N) is 2. The highest BCUT2D eigenvalue weighted by Crippen LogP contribution is 2.25. The van der Waals surface area contributed by atoms with Crippen molar-refractivity contribution in [2.24, 2.45) is 0 Å². The first kappa shape index (κ1) is 17.7. The Kier molecular flexibility index (Phi) is 5.59. The predicted molar refractivity (Wildman–Crippen MR) is 89.1 cm³/mol. The summed E-state index contributed by atoms with van der Waals surface area (Å²) in [4.78, 5) is 15.8. The number of carbonyl (C=O) groups is 1. The highest BCUT2D eigenvalue weighted by molar-refractivity contribution is 7.89. The molecule has 1 aromatic carbocycles. The lowest BCUT2D eigenvalue weighted by Crippen LogP contribution is -2.35. The van der Waals surface area contributed by atoms with Crippen molar-refractivity contribution in [1.29, 1.82) is 0 Å². The fourth-order valence-corrected chi connectivity index (χ4v) is 3.29. The second-order valence-electron chi connectivity index (χ2n) is 4.62. The Balaban J connectivity index is 2.08. The van der Waals surface area contributed by atoms with Gasteiger partial charge in [-0.25, -0.2) is 8.42 Å². The van der Waals surface area contributed by atoms with Gasteiger partial charge in [-0.1, -0.05) is 23.2 Å². The molecule has 1 amide bonds. The molecule has 0 saturated heterocycles. The lowest BCUT2D eigenvalue weighted by atomic mass is 10.3. The van der Waals surface area contributed by atoms with Gasteiger partial charge >= 0.3 is 0 Å². The van der Waals surface area contributed by atoms with Crippen molar-refractivity contribution >= 4 is 44.8 Å². The molecule has 0 aliphatic rings. The Morgan fingerprint density at radius 1 is 1.30 bits per heavy atom. The van der Waals surface area contributed by atoms with Gasteiger partial charge < -0.3 is 5.32 Å². The largest absolute Gasteiger partial charge is 0.324 e. The third-order valence-corrected chi connectivity index (χ3v) is 5.25. The van der Waals surface area contributed by atoms with E-state index in [9.17, 15) is 13.2 Å². The number of hydrogen-bond acceptors (Lipinski definition) is 4. The summed E-state index contributed by atoms with van der Waals surface area (Å²) in [7, 11) is -2.48. The zero-order valence-corrected chi connectivity index (χ0v) is 14.4. The van der Waals surface area contributed by atoms with Crippen molar-refractivity contribution in [2.45, 2.75) is 4.90 Å². The number of pyridine rings is 1. The number of nitrogens with one attached hydrogen (secondary N) is 1. The molecule has 0 fully saturated rings. The van der Waals surface area contributed by atoms with Gasteiger partial charge in [0.1, 0.15) is 4.90 Å². The average molecular weight is 374 g/mol. The first-order chi connectivity index (χ1) is 10.8. The molecule has 0 aliphatic heterocycles. The molecule has 0 aliphatic carbocycles. The van der Waals surface area contributed by atoms with E-state index in [0.29, 0.717) is 10.7 Å². The van der Waals surface area contributed by atoms with Crippen molar-refractivity contribution in [3.8, 4) is 0 Å². The quantitative estimate of drug-likeness (QED) is 0.873. The molecule has 0 atom stereocenters. The van der Waals surface area contributed by atoms with E-state index in [4.69, 9.17) is 23.2 Å². The molecular weight excluding hydrogens is 361 g/mol. The monoisotopic (exact) mass is 373 g/mol. The first-order valence-electron chi connectivity index (χ1n) is 6.42. The maximum atomic E-state index is 12.3. The SMILES string of the molecule is CN(CC(=O)Nc1ccc(Cl)cc1Cl)S(=O)(=O)c1cccnc1. The summed E-state index contributed by atoms with van der Waals surface area (Å²) in [6.45, 7) is -0.365. The lowest BCUT2D eigenvalue weighted by Gasteiger charge is -2.17. The molecule has 1 aromatic heterocycles. The maximum Gasteiger partial charge on any atom is 0.244 e. The minimum Gasteiger partial charge on any atom is -0.324 e. The van der Waals surface area contributed by atoms with Crippen LogP contribution in [0.3, 0.4) is 0 Å². The second kappa shape index (κ2) is 7.27. The fourth-order valence-electron chi connectivity index (χ4n) is 1.75. The van der Waals surface area contributed by atoms with E-state index in [0.717, 1.165) is 4.31 Å². The molecule has 0 unspecified atom stereocenters. The normalized spacial score (nSPS) is 11.5. The molecular formula is C14H13Cl2N3O3S. The van der Waals surface area contributed by atoms with Crippen LogP contribution in [-0.2, 0) is 14.8 Å². The Bertz CT molecular complexity index is 813. The molecule has 23 heavy (non-hydrogen) atoms. The van der Waals surface area contributed by atoms with E-state index in [1.807, 2.05) is 0 Å². The van der Waals surface area contributed by atoms with Gasteiger partial charge in [0.15, 0.2) is 0 Å². The molecule has 0 spiro atoms. The van der Waals surface area contributed by atoms with Crippen LogP contribution in [0.4, 0.5) is 5.69 Å². The van der Waals surface area contributed by atoms with Gasteiger partial charge in [-0.05, 0) is 30.3 Å². The lowest BCUT2D eigenvalue weighted by molar-refractivity contribution is -0.116. The smallest absolute Gasteiger partial charge is 0.244 e. The molecule has 6 nitrogen and oxygen atoms in total. The van der Waals surface area contributed by atoms with Gasteiger partial charge in [0.05, 0.1) is 17.3 Å². The van der Waals surface area contributed by atoms with Gasteiger partial charge in [-0.2, -0.15) is 4.31 Å². The van der Waals surface area contributed by atoms with E-state index in [2.05, 4.69) is 10.3 Å². The van der Waals surface area contributed by atoms with Crippen LogP contribution in [0, 0.1) is 0 Å². The Morgan fingerprint density at radius 3 is 2.65 bits per heavy atom. The maximum absolute atomic E-state index is 12.3. The average Bonchev–Trinajstić information content (AvgIpc) is 2.51. The van der Waals surface area contributed by atoms with Crippen LogP contribution < -0.4 is 5.32 Å². The topological polar surface area (TPSA) is 79.4 Å². The number of halogens is 2. The van der Waals surface area contributed by atoms with Crippen LogP contribution in [0.2, 0.25) is 10.0 Å². The van der Waals surface area contributed by atoms with Gasteiger partial charge in [-0.3, -0.25) is 9.78 Å². The summed E-state index contributed by atoms with van der Waals surface area (Å²) in [5, 5.41) is 3.24. The molecule has 2 rings (SSSR count). The molecule has 1 heterocycles. The Hall–Kier alpha value is -1.67. The van der Waals surface area contributed by atoms with E-state index < -0.39 is 15.9 Å². The number of anilines is 1.